The molecule has 9 atom stereocenters. The number of hydrogen-bond acceptors (Lipinski definition) is 13. The van der Waals surface area contributed by atoms with Crippen LogP contribution in [0.2, 0.25) is 0 Å². The normalized spacial score (nSPS) is 20.0. The van der Waals surface area contributed by atoms with E-state index in [0.29, 0.717) is 18.4 Å². The van der Waals surface area contributed by atoms with E-state index in [-0.39, 0.29) is 102 Å². The molecule has 0 spiro atoms. The molecular formula is C78H98N10O13. The average Bonchev–Trinajstić information content (AvgIpc) is 1.61. The van der Waals surface area contributed by atoms with Gasteiger partial charge in [0, 0.05) is 51.5 Å². The van der Waals surface area contributed by atoms with Crippen molar-refractivity contribution in [3.8, 4) is 11.1 Å². The van der Waals surface area contributed by atoms with Crippen LogP contribution >= 0.6 is 0 Å². The van der Waals surface area contributed by atoms with Gasteiger partial charge in [-0.05, 0) is 154 Å². The summed E-state index contributed by atoms with van der Waals surface area (Å²) < 4.78 is 17.0. The summed E-state index contributed by atoms with van der Waals surface area (Å²) in [6.45, 7) is 11.9. The summed E-state index contributed by atoms with van der Waals surface area (Å²) in [5.41, 5.74) is 7.52. The minimum Gasteiger partial charge on any atom is -0.449 e. The Kier molecular flexibility index (Phi) is 24.2. The second kappa shape index (κ2) is 33.1. The highest BCUT2D eigenvalue weighted by molar-refractivity contribution is 5.96. The van der Waals surface area contributed by atoms with Crippen LogP contribution < -0.4 is 37.2 Å². The second-order valence-corrected chi connectivity index (χ2v) is 29.4. The van der Waals surface area contributed by atoms with Crippen LogP contribution in [0.15, 0.2) is 127 Å². The van der Waals surface area contributed by atoms with Crippen LogP contribution in [0, 0.1) is 5.41 Å². The molecule has 5 aromatic carbocycles. The number of carbonyl (C=O) groups excluding carboxylic acids is 10. The first-order chi connectivity index (χ1) is 48.3. The van der Waals surface area contributed by atoms with Crippen molar-refractivity contribution in [2.75, 3.05) is 33.3 Å². The Morgan fingerprint density at radius 2 is 1.08 bits per heavy atom. The van der Waals surface area contributed by atoms with E-state index in [9.17, 15) is 43.2 Å². The zero-order chi connectivity index (χ0) is 72.1. The molecule has 2 aliphatic heterocycles. The minimum absolute atomic E-state index is 0.00851. The number of hydrogen-bond donors (Lipinski definition) is 7. The molecule has 23 heteroatoms. The first-order valence-corrected chi connectivity index (χ1v) is 35.6. The average molecular weight is 1380 g/mol. The fourth-order valence-corrected chi connectivity index (χ4v) is 14.5. The monoisotopic (exact) mass is 1380 g/mol. The predicted molar refractivity (Wildman–Crippen MR) is 379 cm³/mol. The number of benzene rings is 5. The van der Waals surface area contributed by atoms with E-state index in [1.165, 1.54) is 23.8 Å². The van der Waals surface area contributed by atoms with Gasteiger partial charge in [0.1, 0.15) is 49.0 Å². The quantitative estimate of drug-likeness (QED) is 0.0224. The summed E-state index contributed by atoms with van der Waals surface area (Å²) in [5.74, 6) is -3.54. The smallest absolute Gasteiger partial charge is 0.410 e. The van der Waals surface area contributed by atoms with Gasteiger partial charge in [0.05, 0.1) is 18.1 Å². The van der Waals surface area contributed by atoms with E-state index in [2.05, 4.69) is 49.4 Å². The standard InChI is InChI=1S/C78H98N10O13/c1-48(86(8)76(98)101-78(5,6)7)69(91)85-68(77(2,3)4)73(95)88-44-52(42-65(88)71(93)83-62-37-21-29-51-27-13-15-31-55(51)62)80-67(90)40-22-39-66(89)79-41-23-38-63(84-75(97)99-46-49-24-10-9-11-25-49)72(94)87-45-53(43-64(87)70(92)82-61-36-20-28-50-26-12-14-30-54(50)61)81-74(96)100-47-60-58-34-18-16-32-56(58)57-33-17-19-35-59(57)60/h9-19,24-27,30-35,48,52-53,60-65,68H,20-23,28-29,36-47H2,1-8H3,(H,79,89)(H,80,90)(H,81,96)(H,82,92)(H,83,93)(H,84,97)(H,85,91)/t48-,52-,53-,61?,62?,63-,64?,65-,68+/m0/s1. The maximum atomic E-state index is 15.1. The molecule has 10 rings (SSSR count). The molecule has 23 nitrogen and oxygen atoms in total. The van der Waals surface area contributed by atoms with Crippen LogP contribution in [0.3, 0.4) is 0 Å². The molecule has 0 radical (unpaired) electrons. The lowest BCUT2D eigenvalue weighted by atomic mass is 9.85. The summed E-state index contributed by atoms with van der Waals surface area (Å²) in [4.78, 5) is 145. The summed E-state index contributed by atoms with van der Waals surface area (Å²) >= 11 is 0. The summed E-state index contributed by atoms with van der Waals surface area (Å²) in [6.07, 6.45) is 2.84. The fraction of sp³-hybridized carbons (Fsp3) is 0.487. The molecule has 0 saturated carbocycles. The molecule has 3 unspecified atom stereocenters. The molecule has 0 bridgehead atoms. The van der Waals surface area contributed by atoms with Gasteiger partial charge in [-0.2, -0.15) is 0 Å². The molecule has 101 heavy (non-hydrogen) atoms. The van der Waals surface area contributed by atoms with Gasteiger partial charge < -0.3 is 61.2 Å². The number of ether oxygens (including phenoxy) is 3. The molecule has 2 fully saturated rings. The molecule has 0 aromatic heterocycles. The first-order valence-electron chi connectivity index (χ1n) is 35.6. The van der Waals surface area contributed by atoms with Crippen LogP contribution in [-0.2, 0) is 67.2 Å². The van der Waals surface area contributed by atoms with Gasteiger partial charge in [0.25, 0.3) is 0 Å². The van der Waals surface area contributed by atoms with Crippen molar-refractivity contribution >= 4 is 59.6 Å². The van der Waals surface area contributed by atoms with Gasteiger partial charge in [0.15, 0.2) is 0 Å². The van der Waals surface area contributed by atoms with Crippen LogP contribution in [0.25, 0.3) is 11.1 Å². The summed E-state index contributed by atoms with van der Waals surface area (Å²) in [6, 6.07) is 33.4. The third-order valence-corrected chi connectivity index (χ3v) is 19.8. The largest absolute Gasteiger partial charge is 0.449 e. The van der Waals surface area contributed by atoms with Crippen LogP contribution in [-0.4, -0.2) is 156 Å². The number of nitrogens with one attached hydrogen (secondary N) is 7. The lowest BCUT2D eigenvalue weighted by molar-refractivity contribution is -0.144. The number of rotatable bonds is 24. The van der Waals surface area contributed by atoms with Crippen LogP contribution in [0.1, 0.15) is 176 Å². The van der Waals surface area contributed by atoms with Gasteiger partial charge >= 0.3 is 18.3 Å². The number of likely N-dealkylation sites (tertiary alicyclic amines) is 2. The van der Waals surface area contributed by atoms with Gasteiger partial charge in [-0.25, -0.2) is 14.4 Å². The second-order valence-electron chi connectivity index (χ2n) is 29.4. The van der Waals surface area contributed by atoms with Gasteiger partial charge in [0.2, 0.25) is 41.4 Å². The molecular weight excluding hydrogens is 1280 g/mol. The molecule has 538 valence electrons. The highest BCUT2D eigenvalue weighted by Crippen LogP contribution is 2.45. The van der Waals surface area contributed by atoms with Gasteiger partial charge in [-0.1, -0.05) is 148 Å². The molecule has 2 saturated heterocycles. The summed E-state index contributed by atoms with van der Waals surface area (Å²) in [7, 11) is 1.44. The molecule has 5 aromatic rings. The topological polar surface area (TPSA) is 292 Å². The number of aryl methyl sites for hydroxylation is 2. The number of carbonyl (C=O) groups is 10. The molecule has 3 aliphatic carbocycles. The maximum Gasteiger partial charge on any atom is 0.410 e. The van der Waals surface area contributed by atoms with Gasteiger partial charge in [-0.15, -0.1) is 0 Å². The number of amides is 10. The van der Waals surface area contributed by atoms with E-state index in [4.69, 9.17) is 14.2 Å². The lowest BCUT2D eigenvalue weighted by Gasteiger charge is -2.37. The number of likely N-dealkylation sites (N-methyl/N-ethyl adjacent to an activating group) is 1. The Balaban J connectivity index is 0.769. The third kappa shape index (κ3) is 19.0. The molecule has 7 N–H and O–H groups in total. The Hall–Kier alpha value is -9.80. The zero-order valence-electron chi connectivity index (χ0n) is 59.3. The van der Waals surface area contributed by atoms with Crippen molar-refractivity contribution < 1.29 is 62.2 Å². The van der Waals surface area contributed by atoms with Crippen molar-refractivity contribution in [2.45, 2.75) is 204 Å². The Morgan fingerprint density at radius 3 is 1.64 bits per heavy atom. The maximum absolute atomic E-state index is 15.1. The van der Waals surface area contributed by atoms with Crippen molar-refractivity contribution in [3.05, 3.63) is 166 Å². The Labute approximate surface area is 591 Å². The van der Waals surface area contributed by atoms with Crippen LogP contribution in [0.5, 0.6) is 0 Å². The Morgan fingerprint density at radius 1 is 0.564 bits per heavy atom. The fourth-order valence-electron chi connectivity index (χ4n) is 14.5. The van der Waals surface area contributed by atoms with E-state index < -0.39 is 107 Å². The van der Waals surface area contributed by atoms with Crippen molar-refractivity contribution in [2.24, 2.45) is 5.41 Å². The Bertz CT molecular complexity index is 3790. The molecule has 10 amide bonds. The zero-order valence-corrected chi connectivity index (χ0v) is 59.3. The molecule has 5 aliphatic rings. The number of fused-ring (bicyclic) bond motifs is 5. The minimum atomic E-state index is -1.24. The van der Waals surface area contributed by atoms with E-state index in [1.54, 1.807) is 53.7 Å². The highest BCUT2D eigenvalue weighted by Gasteiger charge is 2.48. The van der Waals surface area contributed by atoms with Crippen molar-refractivity contribution in [3.63, 3.8) is 0 Å². The summed E-state index contributed by atoms with van der Waals surface area (Å²) in [5, 5.41) is 20.9. The lowest BCUT2D eigenvalue weighted by Crippen LogP contribution is -2.60. The number of nitrogens with zero attached hydrogens (tertiary/aromatic N) is 3. The number of alkyl carbamates (subject to hydrolysis) is 2. The first kappa shape index (κ1) is 73.9. The van der Waals surface area contributed by atoms with E-state index in [0.717, 1.165) is 75.1 Å². The van der Waals surface area contributed by atoms with Crippen molar-refractivity contribution in [1.29, 1.82) is 0 Å². The highest BCUT2D eigenvalue weighted by atomic mass is 16.6. The third-order valence-electron chi connectivity index (χ3n) is 19.8. The van der Waals surface area contributed by atoms with Gasteiger partial charge in [-0.3, -0.25) is 38.5 Å². The van der Waals surface area contributed by atoms with Crippen molar-refractivity contribution in [1.82, 2.24) is 51.9 Å². The van der Waals surface area contributed by atoms with E-state index >= 15 is 4.79 Å². The SMILES string of the molecule is C[C@@H](C(=O)N[C@H](C(=O)N1C[C@@H](NC(=O)CCCC(=O)NCCC[C@H](NC(=O)OCc2ccccc2)C(=O)N2C[C@@H](NC(=O)OCC3c4ccccc4-c4ccccc43)CC2C(=O)NC2CCCc3ccccc32)C[C@H]1C(=O)NC1CCCc2ccccc21)C(C)(C)C)N(C)C(=O)OC(C)(C)C. The predicted octanol–water partition coefficient (Wildman–Crippen LogP) is 9.12. The van der Waals surface area contributed by atoms with E-state index in [1.807, 2.05) is 103 Å². The molecule has 2 heterocycles. The van der Waals surface area contributed by atoms with Crippen LogP contribution in [0.4, 0.5) is 14.4 Å².